The van der Waals surface area contributed by atoms with Crippen molar-refractivity contribution >= 4 is 5.97 Å². The van der Waals surface area contributed by atoms with Crippen LogP contribution in [0.2, 0.25) is 0 Å². The summed E-state index contributed by atoms with van der Waals surface area (Å²) >= 11 is 0. The molecule has 0 aliphatic carbocycles. The van der Waals surface area contributed by atoms with Crippen molar-refractivity contribution in [2.24, 2.45) is 0 Å². The molecular formula is C15H22N2O3. The molecule has 5 heteroatoms. The first-order valence-electron chi connectivity index (χ1n) is 7.10. The predicted octanol–water partition coefficient (Wildman–Crippen LogP) is 1.72. The Kier molecular flexibility index (Phi) is 5.49. The average Bonchev–Trinajstić information content (AvgIpc) is 2.47. The molecule has 1 aliphatic heterocycles. The number of esters is 1. The second-order valence-corrected chi connectivity index (χ2v) is 4.91. The second-order valence-electron chi connectivity index (χ2n) is 4.91. The molecule has 20 heavy (non-hydrogen) atoms. The smallest absolute Gasteiger partial charge is 0.307 e. The molecule has 1 aromatic heterocycles. The average molecular weight is 278 g/mol. The maximum atomic E-state index is 11.9. The van der Waals surface area contributed by atoms with Gasteiger partial charge in [-0.2, -0.15) is 0 Å². The van der Waals surface area contributed by atoms with Crippen molar-refractivity contribution < 1.29 is 14.3 Å². The summed E-state index contributed by atoms with van der Waals surface area (Å²) in [6, 6.07) is 2.00. The van der Waals surface area contributed by atoms with Crippen LogP contribution >= 0.6 is 0 Å². The summed E-state index contributed by atoms with van der Waals surface area (Å²) in [5, 5.41) is 0. The number of morpholine rings is 1. The van der Waals surface area contributed by atoms with Gasteiger partial charge in [0, 0.05) is 31.5 Å². The Morgan fingerprint density at radius 2 is 2.25 bits per heavy atom. The third-order valence-corrected chi connectivity index (χ3v) is 3.59. The van der Waals surface area contributed by atoms with Crippen LogP contribution in [0.15, 0.2) is 18.5 Å². The normalized spacial score (nSPS) is 17.7. The van der Waals surface area contributed by atoms with Crippen molar-refractivity contribution in [3.8, 4) is 0 Å². The summed E-state index contributed by atoms with van der Waals surface area (Å²) in [6.45, 7) is 7.38. The minimum atomic E-state index is -0.160. The largest absolute Gasteiger partial charge is 0.466 e. The highest BCUT2D eigenvalue weighted by Crippen LogP contribution is 2.27. The van der Waals surface area contributed by atoms with Crippen molar-refractivity contribution in [2.75, 3.05) is 32.9 Å². The van der Waals surface area contributed by atoms with Gasteiger partial charge in [0.15, 0.2) is 0 Å². The quantitative estimate of drug-likeness (QED) is 0.768. The predicted molar refractivity (Wildman–Crippen MR) is 75.4 cm³/mol. The Balaban J connectivity index is 2.19. The summed E-state index contributed by atoms with van der Waals surface area (Å²) in [5.74, 6) is -0.160. The summed E-state index contributed by atoms with van der Waals surface area (Å²) in [7, 11) is 0. The molecule has 1 aliphatic rings. The molecule has 0 spiro atoms. The maximum absolute atomic E-state index is 11.9. The molecular weight excluding hydrogens is 256 g/mol. The van der Waals surface area contributed by atoms with Crippen LogP contribution in [0, 0.1) is 6.92 Å². The zero-order valence-electron chi connectivity index (χ0n) is 12.2. The number of carbonyl (C=O) groups excluding carboxylic acids is 1. The molecule has 1 aromatic rings. The molecule has 0 saturated carbocycles. The first-order valence-corrected chi connectivity index (χ1v) is 7.10. The maximum Gasteiger partial charge on any atom is 0.307 e. The van der Waals surface area contributed by atoms with Gasteiger partial charge >= 0.3 is 5.97 Å². The van der Waals surface area contributed by atoms with Crippen LogP contribution in [0.1, 0.15) is 30.5 Å². The van der Waals surface area contributed by atoms with Crippen LogP contribution in [0.3, 0.4) is 0 Å². The fourth-order valence-corrected chi connectivity index (χ4v) is 2.53. The number of pyridine rings is 1. The van der Waals surface area contributed by atoms with Crippen LogP contribution in [0.25, 0.3) is 0 Å². The molecule has 110 valence electrons. The number of aromatic nitrogens is 1. The van der Waals surface area contributed by atoms with Crippen LogP contribution < -0.4 is 0 Å². The lowest BCUT2D eigenvalue weighted by Crippen LogP contribution is -2.40. The zero-order chi connectivity index (χ0) is 14.4. The SMILES string of the molecule is CCOC(=O)CC(c1cnccc1C)N1CCOCC1. The number of hydrogen-bond acceptors (Lipinski definition) is 5. The van der Waals surface area contributed by atoms with Gasteiger partial charge in [0.25, 0.3) is 0 Å². The number of aryl methyl sites for hydroxylation is 1. The Morgan fingerprint density at radius 1 is 1.50 bits per heavy atom. The lowest BCUT2D eigenvalue weighted by molar-refractivity contribution is -0.145. The van der Waals surface area contributed by atoms with E-state index in [2.05, 4.69) is 16.8 Å². The molecule has 1 unspecified atom stereocenters. The zero-order valence-corrected chi connectivity index (χ0v) is 12.2. The highest BCUT2D eigenvalue weighted by Gasteiger charge is 2.26. The molecule has 0 amide bonds. The third-order valence-electron chi connectivity index (χ3n) is 3.59. The molecule has 1 fully saturated rings. The number of carbonyl (C=O) groups is 1. The molecule has 5 nitrogen and oxygen atoms in total. The molecule has 1 saturated heterocycles. The fourth-order valence-electron chi connectivity index (χ4n) is 2.53. The van der Waals surface area contributed by atoms with E-state index in [1.54, 1.807) is 6.20 Å². The van der Waals surface area contributed by atoms with E-state index >= 15 is 0 Å². The molecule has 0 aromatic carbocycles. The van der Waals surface area contributed by atoms with E-state index < -0.39 is 0 Å². The number of ether oxygens (including phenoxy) is 2. The number of rotatable bonds is 5. The van der Waals surface area contributed by atoms with Crippen LogP contribution in [-0.2, 0) is 14.3 Å². The van der Waals surface area contributed by atoms with Crippen molar-refractivity contribution in [1.82, 2.24) is 9.88 Å². The third kappa shape index (κ3) is 3.77. The minimum absolute atomic E-state index is 0.0200. The fraction of sp³-hybridized carbons (Fsp3) is 0.600. The Bertz CT molecular complexity index is 444. The van der Waals surface area contributed by atoms with E-state index in [1.165, 1.54) is 0 Å². The molecule has 0 N–H and O–H groups in total. The van der Waals surface area contributed by atoms with Crippen molar-refractivity contribution in [3.63, 3.8) is 0 Å². The molecule has 0 bridgehead atoms. The van der Waals surface area contributed by atoms with Gasteiger partial charge in [-0.25, -0.2) is 0 Å². The molecule has 1 atom stereocenters. The Morgan fingerprint density at radius 3 is 2.90 bits per heavy atom. The van der Waals surface area contributed by atoms with Crippen molar-refractivity contribution in [1.29, 1.82) is 0 Å². The molecule has 2 rings (SSSR count). The van der Waals surface area contributed by atoms with E-state index in [1.807, 2.05) is 19.2 Å². The van der Waals surface area contributed by atoms with E-state index in [4.69, 9.17) is 9.47 Å². The monoisotopic (exact) mass is 278 g/mol. The highest BCUT2D eigenvalue weighted by atomic mass is 16.5. The highest BCUT2D eigenvalue weighted by molar-refractivity contribution is 5.70. The van der Waals surface area contributed by atoms with Crippen LogP contribution in [0.5, 0.6) is 0 Å². The summed E-state index contributed by atoms with van der Waals surface area (Å²) < 4.78 is 10.5. The van der Waals surface area contributed by atoms with Gasteiger partial charge < -0.3 is 9.47 Å². The van der Waals surface area contributed by atoms with E-state index in [9.17, 15) is 4.79 Å². The van der Waals surface area contributed by atoms with Gasteiger partial charge in [-0.3, -0.25) is 14.7 Å². The van der Waals surface area contributed by atoms with Crippen LogP contribution in [0.4, 0.5) is 0 Å². The summed E-state index contributed by atoms with van der Waals surface area (Å²) in [5.41, 5.74) is 2.25. The second kappa shape index (κ2) is 7.36. The summed E-state index contributed by atoms with van der Waals surface area (Å²) in [4.78, 5) is 18.4. The number of hydrogen-bond donors (Lipinski definition) is 0. The Hall–Kier alpha value is -1.46. The van der Waals surface area contributed by atoms with Gasteiger partial charge in [0.1, 0.15) is 0 Å². The van der Waals surface area contributed by atoms with Gasteiger partial charge in [-0.1, -0.05) is 0 Å². The van der Waals surface area contributed by atoms with Gasteiger partial charge in [0.2, 0.25) is 0 Å². The summed E-state index contributed by atoms with van der Waals surface area (Å²) in [6.07, 6.45) is 3.99. The molecule has 0 radical (unpaired) electrons. The van der Waals surface area contributed by atoms with Crippen LogP contribution in [-0.4, -0.2) is 48.8 Å². The van der Waals surface area contributed by atoms with E-state index in [-0.39, 0.29) is 12.0 Å². The lowest BCUT2D eigenvalue weighted by atomic mass is 9.99. The lowest BCUT2D eigenvalue weighted by Gasteiger charge is -2.34. The van der Waals surface area contributed by atoms with E-state index in [0.717, 1.165) is 24.2 Å². The minimum Gasteiger partial charge on any atom is -0.466 e. The van der Waals surface area contributed by atoms with Crippen molar-refractivity contribution in [2.45, 2.75) is 26.3 Å². The standard InChI is InChI=1S/C15H22N2O3/c1-3-20-15(18)10-14(17-6-8-19-9-7-17)13-11-16-5-4-12(13)2/h4-5,11,14H,3,6-10H2,1-2H3. The number of nitrogens with zero attached hydrogens (tertiary/aromatic N) is 2. The van der Waals surface area contributed by atoms with E-state index in [0.29, 0.717) is 26.2 Å². The van der Waals surface area contributed by atoms with Crippen molar-refractivity contribution in [3.05, 3.63) is 29.6 Å². The van der Waals surface area contributed by atoms with Gasteiger partial charge in [-0.15, -0.1) is 0 Å². The Labute approximate surface area is 119 Å². The van der Waals surface area contributed by atoms with Gasteiger partial charge in [-0.05, 0) is 31.0 Å². The first-order chi connectivity index (χ1) is 9.72. The first kappa shape index (κ1) is 14.9. The molecule has 2 heterocycles. The topological polar surface area (TPSA) is 51.7 Å². The van der Waals surface area contributed by atoms with Gasteiger partial charge in [0.05, 0.1) is 26.2 Å².